The molecular formula is C30H23N3O8. The van der Waals surface area contributed by atoms with Crippen LogP contribution >= 0.6 is 0 Å². The smallest absolute Gasteiger partial charge is 0.325 e. The molecule has 0 saturated carbocycles. The number of furan rings is 1. The van der Waals surface area contributed by atoms with E-state index >= 15 is 0 Å². The summed E-state index contributed by atoms with van der Waals surface area (Å²) in [7, 11) is 0. The number of carbonyl (C=O) groups excluding carboxylic acids is 3. The number of Topliss-reactive ketones (excluding diaryl/α,β-unsaturated/α-hetero) is 1. The van der Waals surface area contributed by atoms with Crippen LogP contribution in [0.15, 0.2) is 83.3 Å². The molecule has 4 atom stereocenters. The van der Waals surface area contributed by atoms with Crippen molar-refractivity contribution in [3.8, 4) is 0 Å². The van der Waals surface area contributed by atoms with Gasteiger partial charge in [0, 0.05) is 29.5 Å². The van der Waals surface area contributed by atoms with E-state index in [0.29, 0.717) is 22.5 Å². The van der Waals surface area contributed by atoms with E-state index in [2.05, 4.69) is 5.32 Å². The van der Waals surface area contributed by atoms with Crippen molar-refractivity contribution in [2.45, 2.75) is 24.9 Å². The van der Waals surface area contributed by atoms with E-state index in [4.69, 9.17) is 4.42 Å². The number of fused-ring (bicyclic) bond motifs is 2. The van der Waals surface area contributed by atoms with E-state index in [1.54, 1.807) is 18.2 Å². The van der Waals surface area contributed by atoms with E-state index < -0.39 is 46.1 Å². The number of nitrogens with zero attached hydrogens (tertiary/aromatic N) is 2. The molecule has 3 aromatic carbocycles. The third-order valence-electron chi connectivity index (χ3n) is 7.95. The number of nitro benzene ring substituents is 1. The number of hydrogen-bond donors (Lipinski definition) is 2. The van der Waals surface area contributed by atoms with Crippen molar-refractivity contribution < 1.29 is 33.6 Å². The number of hydrogen-bond acceptors (Lipinski definition) is 8. The zero-order valence-corrected chi connectivity index (χ0v) is 21.6. The van der Waals surface area contributed by atoms with Gasteiger partial charge in [-0.2, -0.15) is 0 Å². The van der Waals surface area contributed by atoms with Crippen molar-refractivity contribution in [2.24, 2.45) is 11.8 Å². The number of aliphatic carboxylic acids is 1. The lowest BCUT2D eigenvalue weighted by atomic mass is 9.76. The number of rotatable bonds is 7. The summed E-state index contributed by atoms with van der Waals surface area (Å²) in [6, 6.07) is 19.3. The molecule has 0 bridgehead atoms. The number of para-hydroxylation sites is 1. The lowest BCUT2D eigenvalue weighted by Gasteiger charge is -2.31. The van der Waals surface area contributed by atoms with Gasteiger partial charge in [-0.3, -0.25) is 34.6 Å². The van der Waals surface area contributed by atoms with Gasteiger partial charge in [-0.05, 0) is 48.9 Å². The summed E-state index contributed by atoms with van der Waals surface area (Å²) in [6.45, 7) is 1.40. The maximum atomic E-state index is 14.0. The molecule has 4 aromatic rings. The number of amides is 2. The highest BCUT2D eigenvalue weighted by Gasteiger charge is 2.69. The predicted octanol–water partition coefficient (Wildman–Crippen LogP) is 4.06. The molecule has 0 spiro atoms. The quantitative estimate of drug-likeness (QED) is 0.149. The molecule has 2 fully saturated rings. The van der Waals surface area contributed by atoms with Crippen LogP contribution < -0.4 is 10.2 Å². The molecule has 2 N–H and O–H groups in total. The number of ketones is 1. The van der Waals surface area contributed by atoms with Gasteiger partial charge in [0.25, 0.3) is 5.69 Å². The minimum absolute atomic E-state index is 0.164. The molecule has 11 nitrogen and oxygen atoms in total. The normalized spacial score (nSPS) is 23.6. The molecular weight excluding hydrogens is 530 g/mol. The van der Waals surface area contributed by atoms with Crippen LogP contribution in [0.25, 0.3) is 11.0 Å². The van der Waals surface area contributed by atoms with Gasteiger partial charge in [-0.25, -0.2) is 4.90 Å². The largest absolute Gasteiger partial charge is 0.480 e. The highest BCUT2D eigenvalue weighted by atomic mass is 16.6. The number of imide groups is 1. The topological polar surface area (TPSA) is 160 Å². The third-order valence-corrected chi connectivity index (χ3v) is 7.95. The number of carbonyl (C=O) groups is 4. The Kier molecular flexibility index (Phi) is 6.04. The lowest BCUT2D eigenvalue weighted by Crippen LogP contribution is -2.57. The summed E-state index contributed by atoms with van der Waals surface area (Å²) in [5.74, 6) is -4.97. The first kappa shape index (κ1) is 26.1. The Morgan fingerprint density at radius 2 is 1.71 bits per heavy atom. The summed E-state index contributed by atoms with van der Waals surface area (Å²) in [4.78, 5) is 64.4. The van der Waals surface area contributed by atoms with Crippen molar-refractivity contribution >= 4 is 45.9 Å². The standard InChI is InChI=1S/C30H23N3O8/c1-16(34)18-8-12-20(13-9-18)32-27(35)24-25(28(32)36)30(29(37)38,15-17-6-10-21(11-7-17)33(39)40)31-26(24)23-14-19-4-2-3-5-22(19)41-23/h2-14,24-26,31H,15H2,1H3,(H,37,38). The minimum Gasteiger partial charge on any atom is -0.480 e. The Balaban J connectivity index is 1.47. The first-order valence-electron chi connectivity index (χ1n) is 12.8. The number of nitro groups is 1. The molecule has 2 amide bonds. The van der Waals surface area contributed by atoms with Crippen molar-refractivity contribution in [3.05, 3.63) is 106 Å². The monoisotopic (exact) mass is 553 g/mol. The van der Waals surface area contributed by atoms with Gasteiger partial charge in [-0.15, -0.1) is 0 Å². The SMILES string of the molecule is CC(=O)c1ccc(N2C(=O)C3C(c4cc5ccccc5o4)NC(Cc4ccc([N+](=O)[O-])cc4)(C(=O)O)C3C2=O)cc1. The number of carboxylic acid groups (broad SMARTS) is 1. The second-order valence-corrected chi connectivity index (χ2v) is 10.3. The van der Waals surface area contributed by atoms with Crippen molar-refractivity contribution in [3.63, 3.8) is 0 Å². The van der Waals surface area contributed by atoms with E-state index in [1.807, 2.05) is 12.1 Å². The number of non-ortho nitro benzene ring substituents is 1. The van der Waals surface area contributed by atoms with Crippen LogP contribution in [0.4, 0.5) is 11.4 Å². The molecule has 0 radical (unpaired) electrons. The van der Waals surface area contributed by atoms with Crippen LogP contribution in [-0.4, -0.2) is 39.1 Å². The average molecular weight is 554 g/mol. The average Bonchev–Trinajstić information content (AvgIpc) is 3.61. The Labute approximate surface area is 232 Å². The Morgan fingerprint density at radius 1 is 1.02 bits per heavy atom. The fraction of sp³-hybridized carbons (Fsp3) is 0.200. The number of benzene rings is 3. The van der Waals surface area contributed by atoms with Gasteiger partial charge in [0.1, 0.15) is 16.9 Å². The minimum atomic E-state index is -1.94. The summed E-state index contributed by atoms with van der Waals surface area (Å²) in [5, 5.41) is 25.6. The fourth-order valence-electron chi connectivity index (χ4n) is 5.99. The number of carboxylic acids is 1. The highest BCUT2D eigenvalue weighted by molar-refractivity contribution is 6.24. The zero-order chi connectivity index (χ0) is 29.1. The molecule has 6 rings (SSSR count). The molecule has 11 heteroatoms. The summed E-state index contributed by atoms with van der Waals surface area (Å²) in [6.07, 6.45) is -0.228. The summed E-state index contributed by atoms with van der Waals surface area (Å²) >= 11 is 0. The third kappa shape index (κ3) is 4.09. The first-order chi connectivity index (χ1) is 19.6. The Morgan fingerprint density at radius 3 is 2.32 bits per heavy atom. The molecule has 2 aliphatic heterocycles. The van der Waals surface area contributed by atoms with Gasteiger partial charge in [-0.1, -0.05) is 30.3 Å². The maximum absolute atomic E-state index is 14.0. The lowest BCUT2D eigenvalue weighted by molar-refractivity contribution is -0.384. The predicted molar refractivity (Wildman–Crippen MR) is 145 cm³/mol. The molecule has 41 heavy (non-hydrogen) atoms. The van der Waals surface area contributed by atoms with Crippen molar-refractivity contribution in [2.75, 3.05) is 4.90 Å². The van der Waals surface area contributed by atoms with Gasteiger partial charge < -0.3 is 9.52 Å². The molecule has 2 saturated heterocycles. The van der Waals surface area contributed by atoms with Crippen LogP contribution in [0, 0.1) is 22.0 Å². The highest BCUT2D eigenvalue weighted by Crippen LogP contribution is 2.51. The zero-order valence-electron chi connectivity index (χ0n) is 21.6. The molecule has 4 unspecified atom stereocenters. The van der Waals surface area contributed by atoms with E-state index in [1.165, 1.54) is 55.5 Å². The van der Waals surface area contributed by atoms with Gasteiger partial charge >= 0.3 is 5.97 Å². The van der Waals surface area contributed by atoms with E-state index in [9.17, 15) is 34.4 Å². The fourth-order valence-corrected chi connectivity index (χ4v) is 5.99. The van der Waals surface area contributed by atoms with Gasteiger partial charge in [0.15, 0.2) is 5.78 Å². The molecule has 206 valence electrons. The summed E-state index contributed by atoms with van der Waals surface area (Å²) in [5.41, 5.74) is -0.518. The van der Waals surface area contributed by atoms with Crippen LogP contribution in [0.2, 0.25) is 0 Å². The van der Waals surface area contributed by atoms with E-state index in [-0.39, 0.29) is 23.6 Å². The molecule has 3 heterocycles. The van der Waals surface area contributed by atoms with E-state index in [0.717, 1.165) is 10.3 Å². The second kappa shape index (κ2) is 9.49. The molecule has 0 aliphatic carbocycles. The van der Waals surface area contributed by atoms with Crippen LogP contribution in [-0.2, 0) is 20.8 Å². The Hall–Kier alpha value is -5.16. The molecule has 1 aromatic heterocycles. The van der Waals surface area contributed by atoms with Crippen LogP contribution in [0.3, 0.4) is 0 Å². The van der Waals surface area contributed by atoms with Gasteiger partial charge in [0.05, 0.1) is 28.5 Å². The number of nitrogens with one attached hydrogen (secondary N) is 1. The molecule has 2 aliphatic rings. The number of anilines is 1. The van der Waals surface area contributed by atoms with Crippen LogP contribution in [0.1, 0.15) is 34.6 Å². The van der Waals surface area contributed by atoms with Crippen LogP contribution in [0.5, 0.6) is 0 Å². The van der Waals surface area contributed by atoms with Crippen molar-refractivity contribution in [1.82, 2.24) is 5.32 Å². The summed E-state index contributed by atoms with van der Waals surface area (Å²) < 4.78 is 6.04. The van der Waals surface area contributed by atoms with Gasteiger partial charge in [0.2, 0.25) is 11.8 Å². The maximum Gasteiger partial charge on any atom is 0.325 e. The second-order valence-electron chi connectivity index (χ2n) is 10.3. The van der Waals surface area contributed by atoms with Crippen molar-refractivity contribution in [1.29, 1.82) is 0 Å². The Bertz CT molecular complexity index is 1710. The first-order valence-corrected chi connectivity index (χ1v) is 12.8.